The van der Waals surface area contributed by atoms with Crippen LogP contribution in [0.4, 0.5) is 5.69 Å². The topological polar surface area (TPSA) is 107 Å². The van der Waals surface area contributed by atoms with E-state index < -0.39 is 14.2 Å². The van der Waals surface area contributed by atoms with Gasteiger partial charge in [0, 0.05) is 5.69 Å². The minimum atomic E-state index is -1.76. The van der Waals surface area contributed by atoms with Crippen LogP contribution in [0.1, 0.15) is 0 Å². The zero-order valence-corrected chi connectivity index (χ0v) is 7.98. The maximum absolute atomic E-state index is 8.86. The molecule has 1 aromatic rings. The summed E-state index contributed by atoms with van der Waals surface area (Å²) in [5, 5.41) is 35.4. The normalized spacial score (nSPS) is 9.14. The second kappa shape index (κ2) is 5.23. The highest BCUT2D eigenvalue weighted by atomic mass is 35.5. The molecule has 0 bridgehead atoms. The standard InChI is InChI=1S/C6H9B2NO4.ClH/c9-4-1-2-5(7(10)11)6(3-4)8(12)13;/h1-3,10-13H,9H2;1H. The summed E-state index contributed by atoms with van der Waals surface area (Å²) in [4.78, 5) is 0. The van der Waals surface area contributed by atoms with Crippen molar-refractivity contribution in [1.29, 1.82) is 0 Å². The summed E-state index contributed by atoms with van der Waals surface area (Å²) in [7, 11) is -3.50. The zero-order valence-electron chi connectivity index (χ0n) is 7.16. The summed E-state index contributed by atoms with van der Waals surface area (Å²) < 4.78 is 0. The lowest BCUT2D eigenvalue weighted by molar-refractivity contribution is 0.419. The van der Waals surface area contributed by atoms with Gasteiger partial charge in [0.25, 0.3) is 0 Å². The molecule has 0 aliphatic rings. The van der Waals surface area contributed by atoms with Gasteiger partial charge in [0.05, 0.1) is 0 Å². The molecule has 1 aromatic carbocycles. The highest BCUT2D eigenvalue weighted by molar-refractivity contribution is 6.71. The Bertz CT molecular complexity index is 310. The van der Waals surface area contributed by atoms with Gasteiger partial charge in [-0.1, -0.05) is 6.07 Å². The fraction of sp³-hybridized carbons (Fsp3) is 0. The molecule has 0 radical (unpaired) electrons. The van der Waals surface area contributed by atoms with Gasteiger partial charge < -0.3 is 25.8 Å². The average Bonchev–Trinajstić information content (AvgIpc) is 2.03. The molecule has 5 nitrogen and oxygen atoms in total. The van der Waals surface area contributed by atoms with Crippen molar-refractivity contribution in [3.63, 3.8) is 0 Å². The number of hydrogen-bond donors (Lipinski definition) is 5. The number of nitrogens with two attached hydrogens (primary N) is 1. The molecule has 0 atom stereocenters. The molecule has 0 spiro atoms. The van der Waals surface area contributed by atoms with E-state index in [1.54, 1.807) is 0 Å². The van der Waals surface area contributed by atoms with Gasteiger partial charge >= 0.3 is 14.2 Å². The fourth-order valence-electron chi connectivity index (χ4n) is 1.05. The lowest BCUT2D eigenvalue weighted by Crippen LogP contribution is -2.49. The lowest BCUT2D eigenvalue weighted by atomic mass is 9.66. The molecular formula is C6H10B2ClNO4. The summed E-state index contributed by atoms with van der Waals surface area (Å²) in [6.07, 6.45) is 0. The molecule has 14 heavy (non-hydrogen) atoms. The van der Waals surface area contributed by atoms with E-state index in [1.165, 1.54) is 18.2 Å². The lowest BCUT2D eigenvalue weighted by Gasteiger charge is -2.08. The third-order valence-corrected chi connectivity index (χ3v) is 1.67. The maximum Gasteiger partial charge on any atom is 0.488 e. The highest BCUT2D eigenvalue weighted by Gasteiger charge is 2.22. The number of halogens is 1. The third kappa shape index (κ3) is 2.90. The molecule has 0 heterocycles. The number of anilines is 1. The molecule has 0 aromatic heterocycles. The average molecular weight is 217 g/mol. The van der Waals surface area contributed by atoms with Crippen molar-refractivity contribution in [2.24, 2.45) is 0 Å². The first-order valence-electron chi connectivity index (χ1n) is 3.64. The van der Waals surface area contributed by atoms with Crippen molar-refractivity contribution in [2.75, 3.05) is 5.73 Å². The van der Waals surface area contributed by atoms with E-state index in [9.17, 15) is 0 Å². The van der Waals surface area contributed by atoms with Crippen LogP contribution in [0.25, 0.3) is 0 Å². The van der Waals surface area contributed by atoms with Crippen LogP contribution < -0.4 is 16.7 Å². The molecule has 76 valence electrons. The number of hydrogen-bond acceptors (Lipinski definition) is 5. The van der Waals surface area contributed by atoms with Crippen molar-refractivity contribution in [2.45, 2.75) is 0 Å². The monoisotopic (exact) mass is 217 g/mol. The Labute approximate surface area is 87.9 Å². The van der Waals surface area contributed by atoms with Gasteiger partial charge in [-0.05, 0) is 23.1 Å². The van der Waals surface area contributed by atoms with Crippen molar-refractivity contribution in [3.05, 3.63) is 18.2 Å². The maximum atomic E-state index is 8.86. The Morgan fingerprint density at radius 3 is 1.86 bits per heavy atom. The molecular weight excluding hydrogens is 207 g/mol. The van der Waals surface area contributed by atoms with E-state index >= 15 is 0 Å². The van der Waals surface area contributed by atoms with Crippen LogP contribution in [0.5, 0.6) is 0 Å². The molecule has 0 amide bonds. The van der Waals surface area contributed by atoms with Crippen LogP contribution in [0.2, 0.25) is 0 Å². The summed E-state index contributed by atoms with van der Waals surface area (Å²) >= 11 is 0. The van der Waals surface area contributed by atoms with E-state index in [4.69, 9.17) is 25.8 Å². The van der Waals surface area contributed by atoms with Gasteiger partial charge in [0.2, 0.25) is 0 Å². The minimum absolute atomic E-state index is 0. The first-order chi connectivity index (χ1) is 6.02. The molecule has 0 aliphatic carbocycles. The predicted octanol–water partition coefficient (Wildman–Crippen LogP) is -2.95. The van der Waals surface area contributed by atoms with Crippen LogP contribution in [0, 0.1) is 0 Å². The van der Waals surface area contributed by atoms with Crippen molar-refractivity contribution < 1.29 is 20.1 Å². The summed E-state index contributed by atoms with van der Waals surface area (Å²) in [6.45, 7) is 0. The van der Waals surface area contributed by atoms with Crippen LogP contribution in [-0.2, 0) is 0 Å². The molecule has 8 heteroatoms. The number of rotatable bonds is 2. The Morgan fingerprint density at radius 2 is 1.43 bits per heavy atom. The van der Waals surface area contributed by atoms with Crippen LogP contribution in [0.15, 0.2) is 18.2 Å². The van der Waals surface area contributed by atoms with E-state index in [-0.39, 0.29) is 23.3 Å². The van der Waals surface area contributed by atoms with E-state index in [2.05, 4.69) is 0 Å². The van der Waals surface area contributed by atoms with E-state index in [0.29, 0.717) is 5.69 Å². The molecule has 0 aliphatic heterocycles. The Balaban J connectivity index is 0.00000169. The van der Waals surface area contributed by atoms with Crippen LogP contribution in [-0.4, -0.2) is 34.3 Å². The Morgan fingerprint density at radius 1 is 0.929 bits per heavy atom. The zero-order chi connectivity index (χ0) is 10.0. The van der Waals surface area contributed by atoms with Gasteiger partial charge in [0.1, 0.15) is 0 Å². The number of benzene rings is 1. The predicted molar refractivity (Wildman–Crippen MR) is 57.8 cm³/mol. The molecule has 6 N–H and O–H groups in total. The molecule has 0 unspecified atom stereocenters. The van der Waals surface area contributed by atoms with Crippen molar-refractivity contribution in [3.8, 4) is 0 Å². The van der Waals surface area contributed by atoms with Crippen molar-refractivity contribution >= 4 is 43.3 Å². The third-order valence-electron chi connectivity index (χ3n) is 1.67. The molecule has 0 saturated heterocycles. The second-order valence-electron chi connectivity index (χ2n) is 2.64. The van der Waals surface area contributed by atoms with E-state index in [0.717, 1.165) is 0 Å². The highest BCUT2D eigenvalue weighted by Crippen LogP contribution is 1.96. The van der Waals surface area contributed by atoms with Crippen molar-refractivity contribution in [1.82, 2.24) is 0 Å². The summed E-state index contributed by atoms with van der Waals surface area (Å²) in [5.74, 6) is 0. The van der Waals surface area contributed by atoms with Gasteiger partial charge in [-0.15, -0.1) is 12.4 Å². The molecule has 1 rings (SSSR count). The van der Waals surface area contributed by atoms with Crippen LogP contribution >= 0.6 is 12.4 Å². The Kier molecular flexibility index (Phi) is 4.96. The van der Waals surface area contributed by atoms with Gasteiger partial charge in [0.15, 0.2) is 0 Å². The minimum Gasteiger partial charge on any atom is -0.423 e. The van der Waals surface area contributed by atoms with E-state index in [1.807, 2.05) is 0 Å². The van der Waals surface area contributed by atoms with Gasteiger partial charge in [-0.3, -0.25) is 0 Å². The number of nitrogen functional groups attached to an aromatic ring is 1. The van der Waals surface area contributed by atoms with Gasteiger partial charge in [-0.25, -0.2) is 0 Å². The first-order valence-corrected chi connectivity index (χ1v) is 3.64. The quantitative estimate of drug-likeness (QED) is 0.269. The van der Waals surface area contributed by atoms with Gasteiger partial charge in [-0.2, -0.15) is 0 Å². The second-order valence-corrected chi connectivity index (χ2v) is 2.64. The first kappa shape index (κ1) is 13.3. The molecule has 0 saturated carbocycles. The molecule has 0 fully saturated rings. The SMILES string of the molecule is Cl.Nc1ccc(B(O)O)c(B(O)O)c1. The fourth-order valence-corrected chi connectivity index (χ4v) is 1.05. The summed E-state index contributed by atoms with van der Waals surface area (Å²) in [5.41, 5.74) is 5.73. The Hall–Kier alpha value is -0.720. The largest absolute Gasteiger partial charge is 0.488 e. The van der Waals surface area contributed by atoms with Crippen LogP contribution in [0.3, 0.4) is 0 Å². The smallest absolute Gasteiger partial charge is 0.423 e. The summed E-state index contributed by atoms with van der Waals surface area (Å²) in [6, 6.07) is 4.05.